The lowest BCUT2D eigenvalue weighted by molar-refractivity contribution is -0.0509. The second-order valence-corrected chi connectivity index (χ2v) is 7.81. The van der Waals surface area contributed by atoms with Gasteiger partial charge in [-0.05, 0) is 78.4 Å². The van der Waals surface area contributed by atoms with E-state index < -0.39 is 11.7 Å². The average molecular weight is 363 g/mol. The third-order valence-corrected chi connectivity index (χ3v) is 4.75. The van der Waals surface area contributed by atoms with Crippen molar-refractivity contribution in [3.63, 3.8) is 0 Å². The number of phenolic OH excluding ortho intramolecular Hbond substituents is 2. The predicted octanol–water partition coefficient (Wildman–Crippen LogP) is 4.53. The van der Waals surface area contributed by atoms with Crippen LogP contribution in [0, 0.1) is 6.92 Å². The summed E-state index contributed by atoms with van der Waals surface area (Å²) in [5.74, 6) is 0.215. The maximum Gasteiger partial charge on any atom is 0.123 e. The Bertz CT molecular complexity index is 628. The topological polar surface area (TPSA) is 80.9 Å². The molecule has 4 N–H and O–H groups in total. The lowest BCUT2D eigenvalue weighted by atomic mass is 9.95. The van der Waals surface area contributed by atoms with E-state index in [9.17, 15) is 20.4 Å². The predicted molar refractivity (Wildman–Crippen MR) is 106 cm³/mol. The third-order valence-electron chi connectivity index (χ3n) is 4.75. The number of hydrogen-bond acceptors (Lipinski definition) is 4. The van der Waals surface area contributed by atoms with Gasteiger partial charge in [0, 0.05) is 11.6 Å². The Kier molecular flexibility index (Phi) is 8.38. The van der Waals surface area contributed by atoms with Crippen molar-refractivity contribution in [2.24, 2.45) is 0 Å². The lowest BCUT2D eigenvalue weighted by Crippen LogP contribution is -2.35. The van der Waals surface area contributed by atoms with Gasteiger partial charge in [0.05, 0.1) is 11.7 Å². The first kappa shape index (κ1) is 22.3. The van der Waals surface area contributed by atoms with Crippen LogP contribution in [0.5, 0.6) is 11.5 Å². The van der Waals surface area contributed by atoms with Gasteiger partial charge in [0.2, 0.25) is 0 Å². The van der Waals surface area contributed by atoms with Crippen LogP contribution in [0.2, 0.25) is 0 Å². The first-order chi connectivity index (χ1) is 12.0. The Labute approximate surface area is 157 Å². The lowest BCUT2D eigenvalue weighted by Gasteiger charge is -2.24. The van der Waals surface area contributed by atoms with Crippen molar-refractivity contribution in [3.05, 3.63) is 46.6 Å². The van der Waals surface area contributed by atoms with Crippen LogP contribution in [0.15, 0.2) is 35.4 Å². The van der Waals surface area contributed by atoms with Gasteiger partial charge in [0.15, 0.2) is 0 Å². The number of aromatic hydroxyl groups is 2. The molecule has 1 atom stereocenters. The van der Waals surface area contributed by atoms with E-state index in [1.807, 2.05) is 13.8 Å². The van der Waals surface area contributed by atoms with E-state index in [-0.39, 0.29) is 11.5 Å². The molecule has 0 spiro atoms. The Morgan fingerprint density at radius 2 is 1.69 bits per heavy atom. The van der Waals surface area contributed by atoms with Gasteiger partial charge in [-0.3, -0.25) is 0 Å². The standard InChI is InChI=1S/C22H34O4/c1-15(9-11-19-17(3)13-18(23)14-20(19)24)7-6-8-16(2)10-12-21(25)22(4,5)26/h8-9,13-14,21,23-26H,6-7,10-12H2,1-5H3. The molecule has 1 aromatic rings. The molecule has 0 aliphatic rings. The number of aliphatic hydroxyl groups excluding tert-OH is 1. The van der Waals surface area contributed by atoms with Crippen molar-refractivity contribution in [2.75, 3.05) is 0 Å². The quantitative estimate of drug-likeness (QED) is 0.486. The van der Waals surface area contributed by atoms with Gasteiger partial charge in [-0.2, -0.15) is 0 Å². The van der Waals surface area contributed by atoms with E-state index in [2.05, 4.69) is 19.1 Å². The van der Waals surface area contributed by atoms with Crippen molar-refractivity contribution in [1.82, 2.24) is 0 Å². The molecule has 4 heteroatoms. The minimum absolute atomic E-state index is 0.0831. The van der Waals surface area contributed by atoms with Crippen molar-refractivity contribution < 1.29 is 20.4 Å². The Hall–Kier alpha value is -1.78. The second-order valence-electron chi connectivity index (χ2n) is 7.81. The van der Waals surface area contributed by atoms with Crippen molar-refractivity contribution >= 4 is 0 Å². The molecular weight excluding hydrogens is 328 g/mol. The molecule has 0 heterocycles. The monoisotopic (exact) mass is 362 g/mol. The molecule has 1 unspecified atom stereocenters. The number of aryl methyl sites for hydroxylation is 1. The molecule has 0 aliphatic heterocycles. The molecular formula is C22H34O4. The smallest absolute Gasteiger partial charge is 0.123 e. The van der Waals surface area contributed by atoms with E-state index in [0.29, 0.717) is 12.8 Å². The van der Waals surface area contributed by atoms with Gasteiger partial charge >= 0.3 is 0 Å². The van der Waals surface area contributed by atoms with Crippen molar-refractivity contribution in [2.45, 2.75) is 78.4 Å². The van der Waals surface area contributed by atoms with Gasteiger partial charge in [0.25, 0.3) is 0 Å². The van der Waals surface area contributed by atoms with Crippen molar-refractivity contribution in [1.29, 1.82) is 0 Å². The SMILES string of the molecule is CC(=CCc1c(C)cc(O)cc1O)CCC=C(C)CCC(O)C(C)(C)O. The number of phenols is 2. The van der Waals surface area contributed by atoms with Gasteiger partial charge in [-0.1, -0.05) is 23.3 Å². The van der Waals surface area contributed by atoms with E-state index in [0.717, 1.165) is 30.4 Å². The van der Waals surface area contributed by atoms with E-state index in [4.69, 9.17) is 0 Å². The van der Waals surface area contributed by atoms with Crippen LogP contribution in [0.3, 0.4) is 0 Å². The summed E-state index contributed by atoms with van der Waals surface area (Å²) in [7, 11) is 0. The van der Waals surface area contributed by atoms with Crippen LogP contribution >= 0.6 is 0 Å². The van der Waals surface area contributed by atoms with Crippen LogP contribution in [-0.2, 0) is 6.42 Å². The Balaban J connectivity index is 2.48. The molecule has 1 rings (SSSR count). The number of benzene rings is 1. The molecule has 0 aliphatic carbocycles. The fraction of sp³-hybridized carbons (Fsp3) is 0.545. The van der Waals surface area contributed by atoms with Gasteiger partial charge in [-0.25, -0.2) is 0 Å². The highest BCUT2D eigenvalue weighted by molar-refractivity contribution is 5.45. The van der Waals surface area contributed by atoms with Gasteiger partial charge < -0.3 is 20.4 Å². The normalized spacial score (nSPS) is 14.6. The number of hydrogen-bond donors (Lipinski definition) is 4. The first-order valence-corrected chi connectivity index (χ1v) is 9.24. The van der Waals surface area contributed by atoms with Crippen LogP contribution in [0.25, 0.3) is 0 Å². The fourth-order valence-corrected chi connectivity index (χ4v) is 2.79. The molecule has 0 saturated heterocycles. The highest BCUT2D eigenvalue weighted by Crippen LogP contribution is 2.27. The molecule has 0 aromatic heterocycles. The highest BCUT2D eigenvalue weighted by Gasteiger charge is 2.23. The number of allylic oxidation sites excluding steroid dienone is 4. The Morgan fingerprint density at radius 3 is 2.27 bits per heavy atom. The van der Waals surface area contributed by atoms with Gasteiger partial charge in [0.1, 0.15) is 11.5 Å². The van der Waals surface area contributed by atoms with Crippen LogP contribution in [0.1, 0.15) is 64.5 Å². The fourth-order valence-electron chi connectivity index (χ4n) is 2.79. The minimum Gasteiger partial charge on any atom is -0.508 e. The Morgan fingerprint density at radius 1 is 1.08 bits per heavy atom. The third kappa shape index (κ3) is 7.63. The average Bonchev–Trinajstić information content (AvgIpc) is 2.50. The summed E-state index contributed by atoms with van der Waals surface area (Å²) in [6.45, 7) is 9.26. The summed E-state index contributed by atoms with van der Waals surface area (Å²) >= 11 is 0. The molecule has 26 heavy (non-hydrogen) atoms. The number of rotatable bonds is 9. The minimum atomic E-state index is -1.06. The molecule has 1 aromatic carbocycles. The largest absolute Gasteiger partial charge is 0.508 e. The van der Waals surface area contributed by atoms with E-state index in [1.165, 1.54) is 17.2 Å². The zero-order valence-corrected chi connectivity index (χ0v) is 16.7. The second kappa shape index (κ2) is 9.79. The first-order valence-electron chi connectivity index (χ1n) is 9.24. The van der Waals surface area contributed by atoms with Gasteiger partial charge in [-0.15, -0.1) is 0 Å². The molecule has 0 amide bonds. The highest BCUT2D eigenvalue weighted by atomic mass is 16.3. The molecule has 0 bridgehead atoms. The molecule has 0 radical (unpaired) electrons. The molecule has 0 saturated carbocycles. The van der Waals surface area contributed by atoms with E-state index in [1.54, 1.807) is 19.9 Å². The maximum atomic E-state index is 9.96. The summed E-state index contributed by atoms with van der Waals surface area (Å²) in [6, 6.07) is 3.03. The molecule has 4 nitrogen and oxygen atoms in total. The van der Waals surface area contributed by atoms with Crippen molar-refractivity contribution in [3.8, 4) is 11.5 Å². The summed E-state index contributed by atoms with van der Waals surface area (Å²) in [5.41, 5.74) is 3.13. The summed E-state index contributed by atoms with van der Waals surface area (Å²) in [6.07, 6.45) is 7.40. The summed E-state index contributed by atoms with van der Waals surface area (Å²) in [4.78, 5) is 0. The summed E-state index contributed by atoms with van der Waals surface area (Å²) < 4.78 is 0. The van der Waals surface area contributed by atoms with Crippen LogP contribution in [-0.4, -0.2) is 32.1 Å². The zero-order valence-electron chi connectivity index (χ0n) is 16.7. The van der Waals surface area contributed by atoms with E-state index >= 15 is 0 Å². The summed E-state index contributed by atoms with van der Waals surface area (Å²) in [5, 5.41) is 39.0. The zero-order chi connectivity index (χ0) is 19.9. The van der Waals surface area contributed by atoms with Crippen LogP contribution in [0.4, 0.5) is 0 Å². The molecule has 0 fully saturated rings. The maximum absolute atomic E-state index is 9.96. The van der Waals surface area contributed by atoms with Crippen LogP contribution < -0.4 is 0 Å². The molecule has 146 valence electrons. The number of aliphatic hydroxyl groups is 2.